The molecule has 8 saturated carbocycles. The van der Waals surface area contributed by atoms with Gasteiger partial charge in [-0.25, -0.2) is 0 Å². The van der Waals surface area contributed by atoms with Crippen LogP contribution in [0.4, 0.5) is 11.4 Å². The molecule has 2 aliphatic heterocycles. The molecule has 0 radical (unpaired) electrons. The lowest BCUT2D eigenvalue weighted by Crippen LogP contribution is -2.61. The van der Waals surface area contributed by atoms with E-state index in [4.69, 9.17) is 0 Å². The van der Waals surface area contributed by atoms with Gasteiger partial charge in [-0.15, -0.1) is 0 Å². The molecule has 0 amide bonds. The summed E-state index contributed by atoms with van der Waals surface area (Å²) in [6.07, 6.45) is 17.2. The quantitative estimate of drug-likeness (QED) is 0.157. The molecule has 10 aliphatic rings. The van der Waals surface area contributed by atoms with Crippen molar-refractivity contribution >= 4 is 51.0 Å². The Hall–Kier alpha value is -5.80. The van der Waals surface area contributed by atoms with Crippen molar-refractivity contribution in [2.24, 2.45) is 35.5 Å². The van der Waals surface area contributed by atoms with Crippen molar-refractivity contribution in [2.45, 2.75) is 94.8 Å². The minimum atomic E-state index is 0.0315. The lowest BCUT2D eigenvalue weighted by molar-refractivity contribution is -0.00526. The second-order valence-electron chi connectivity index (χ2n) is 23.5. The van der Waals surface area contributed by atoms with Crippen LogP contribution >= 0.6 is 0 Å². The van der Waals surface area contributed by atoms with Crippen LogP contribution in [0, 0.1) is 42.4 Å². The maximum absolute atomic E-state index is 2.80. The van der Waals surface area contributed by atoms with Gasteiger partial charge in [-0.05, 0) is 234 Å². The minimum absolute atomic E-state index is 0.0315. The molecular formula is C63H57BN2. The fraction of sp³-hybridized carbons (Fsp3) is 0.333. The van der Waals surface area contributed by atoms with Crippen molar-refractivity contribution in [2.75, 3.05) is 4.81 Å². The van der Waals surface area contributed by atoms with Crippen LogP contribution in [0.3, 0.4) is 0 Å². The summed E-state index contributed by atoms with van der Waals surface area (Å²) >= 11 is 0. The normalized spacial score (nSPS) is 29.2. The Labute approximate surface area is 390 Å². The summed E-state index contributed by atoms with van der Waals surface area (Å²) in [4.78, 5) is 2.76. The lowest BCUT2D eigenvalue weighted by atomic mass is 9.42. The first kappa shape index (κ1) is 37.3. The number of anilines is 2. The van der Waals surface area contributed by atoms with Gasteiger partial charge in [0.15, 0.2) is 0 Å². The Bertz CT molecular complexity index is 3270. The molecule has 0 unspecified atom stereocenters. The van der Waals surface area contributed by atoms with E-state index in [0.717, 1.165) is 35.5 Å². The highest BCUT2D eigenvalue weighted by Crippen LogP contribution is 2.63. The van der Waals surface area contributed by atoms with E-state index in [9.17, 15) is 0 Å². The molecular weight excluding hydrogens is 796 g/mol. The van der Waals surface area contributed by atoms with Crippen LogP contribution in [0.15, 0.2) is 146 Å². The molecule has 8 aromatic rings. The van der Waals surface area contributed by atoms with E-state index in [1.165, 1.54) is 166 Å². The Balaban J connectivity index is 0.984. The smallest absolute Gasteiger partial charge is 0.333 e. The summed E-state index contributed by atoms with van der Waals surface area (Å²) < 4.78 is 2.76. The molecule has 322 valence electrons. The molecule has 0 saturated heterocycles. The molecule has 8 bridgehead atoms. The molecule has 7 aromatic carbocycles. The third-order valence-corrected chi connectivity index (χ3v) is 19.5. The number of benzene rings is 7. The topological polar surface area (TPSA) is 8.17 Å². The summed E-state index contributed by atoms with van der Waals surface area (Å²) in [5, 5.41) is 3.01. The molecule has 66 heavy (non-hydrogen) atoms. The number of hydrogen-bond acceptors (Lipinski definition) is 1. The van der Waals surface area contributed by atoms with Crippen LogP contribution < -0.4 is 15.7 Å². The number of nitrogens with zero attached hydrogens (tertiary/aromatic N) is 2. The van der Waals surface area contributed by atoms with Gasteiger partial charge in [-0.1, -0.05) is 97.1 Å². The highest BCUT2D eigenvalue weighted by Gasteiger charge is 2.54. The zero-order valence-corrected chi connectivity index (χ0v) is 38.3. The van der Waals surface area contributed by atoms with Gasteiger partial charge in [0.2, 0.25) is 0 Å². The number of aryl methyl sites for hydroxylation is 1. The summed E-state index contributed by atoms with van der Waals surface area (Å²) in [5.41, 5.74) is 22.8. The summed E-state index contributed by atoms with van der Waals surface area (Å²) in [6, 6.07) is 57.5. The van der Waals surface area contributed by atoms with Crippen molar-refractivity contribution in [1.29, 1.82) is 0 Å². The minimum Gasteiger partial charge on any atom is -0.376 e. The molecule has 18 rings (SSSR count). The number of aromatic nitrogens is 1. The van der Waals surface area contributed by atoms with Crippen LogP contribution in [0.2, 0.25) is 0 Å². The van der Waals surface area contributed by atoms with Crippen molar-refractivity contribution in [3.8, 4) is 39.1 Å². The average Bonchev–Trinajstić information content (AvgIpc) is 3.67. The van der Waals surface area contributed by atoms with Gasteiger partial charge in [0.25, 0.3) is 0 Å². The summed E-state index contributed by atoms with van der Waals surface area (Å²) in [5.74, 6) is 5.46. The summed E-state index contributed by atoms with van der Waals surface area (Å²) in [6.45, 7) is 2.37. The maximum Gasteiger partial charge on any atom is 0.333 e. The van der Waals surface area contributed by atoms with E-state index in [2.05, 4.69) is 162 Å². The van der Waals surface area contributed by atoms with Crippen molar-refractivity contribution in [3.05, 3.63) is 162 Å². The second kappa shape index (κ2) is 13.2. The van der Waals surface area contributed by atoms with Gasteiger partial charge in [0.1, 0.15) is 0 Å². The molecule has 3 heteroatoms. The third-order valence-electron chi connectivity index (χ3n) is 19.5. The van der Waals surface area contributed by atoms with E-state index in [1.807, 2.05) is 0 Å². The zero-order chi connectivity index (χ0) is 43.0. The number of rotatable bonds is 5. The monoisotopic (exact) mass is 852 g/mol. The number of hydrogen-bond donors (Lipinski definition) is 0. The Morgan fingerprint density at radius 1 is 0.455 bits per heavy atom. The van der Waals surface area contributed by atoms with Crippen LogP contribution in [0.1, 0.15) is 93.7 Å². The van der Waals surface area contributed by atoms with Gasteiger partial charge >= 0.3 is 6.85 Å². The van der Waals surface area contributed by atoms with Crippen LogP contribution in [-0.4, -0.2) is 11.4 Å². The van der Waals surface area contributed by atoms with Gasteiger partial charge in [0.05, 0.1) is 11.0 Å². The molecule has 2 nitrogen and oxygen atoms in total. The first-order chi connectivity index (χ1) is 32.4. The van der Waals surface area contributed by atoms with E-state index in [-0.39, 0.29) is 12.3 Å². The lowest BCUT2D eigenvalue weighted by Gasteiger charge is -2.57. The van der Waals surface area contributed by atoms with Gasteiger partial charge in [-0.3, -0.25) is 0 Å². The largest absolute Gasteiger partial charge is 0.376 e. The van der Waals surface area contributed by atoms with Crippen molar-refractivity contribution in [1.82, 2.24) is 4.57 Å². The third kappa shape index (κ3) is 5.16. The standard InChI is InChI=1S/C63H57BN2/c1-38-20-54-52-28-48(46-10-6-3-7-11-46)14-18-58(52)66(51-16-12-47(13-17-51)45-8-4-2-5-9-45)64-56-31-50(63-35-42-25-43(36-63)27-44(26-42)37-63)30-55-53-29-49(62-32-39-22-40(33-62)24-41(23-39)34-62)15-19-57(53)65(61(55)56)59(21-38)60(54)64/h2-21,28-31,39-44H,22-27,32-37H2,1H3. The first-order valence-corrected chi connectivity index (χ1v) is 25.9. The van der Waals surface area contributed by atoms with Crippen molar-refractivity contribution in [3.63, 3.8) is 0 Å². The fourth-order valence-electron chi connectivity index (χ4n) is 17.7. The van der Waals surface area contributed by atoms with E-state index in [1.54, 1.807) is 11.1 Å². The SMILES string of the molecule is Cc1cc2c3c(c1)-n1c4ccc(C56CC7CC(CC(C7)C5)C6)cc4c4cc(C56CC7CC(CC(C7)C5)C6)cc(c41)B3N(c1ccc(-c3ccccc3)cc1)c1ccc(-c3ccccc3)cc1-2. The van der Waals surface area contributed by atoms with Gasteiger partial charge in [0, 0.05) is 33.4 Å². The molecule has 1 aromatic heterocycles. The highest BCUT2D eigenvalue weighted by molar-refractivity contribution is 6.93. The predicted octanol–water partition coefficient (Wildman–Crippen LogP) is 14.6. The number of fused-ring (bicyclic) bond motifs is 7. The molecule has 8 aliphatic carbocycles. The average molecular weight is 853 g/mol. The van der Waals surface area contributed by atoms with Crippen LogP contribution in [0.5, 0.6) is 0 Å². The van der Waals surface area contributed by atoms with Gasteiger partial charge < -0.3 is 9.38 Å². The van der Waals surface area contributed by atoms with Crippen molar-refractivity contribution < 1.29 is 0 Å². The highest BCUT2D eigenvalue weighted by atomic mass is 15.1. The fourth-order valence-corrected chi connectivity index (χ4v) is 17.7. The molecule has 0 spiro atoms. The van der Waals surface area contributed by atoms with Crippen LogP contribution in [0.25, 0.3) is 60.9 Å². The van der Waals surface area contributed by atoms with Crippen LogP contribution in [-0.2, 0) is 10.8 Å². The Morgan fingerprint density at radius 3 is 1.62 bits per heavy atom. The zero-order valence-electron chi connectivity index (χ0n) is 38.3. The molecule has 0 atom stereocenters. The molecule has 3 heterocycles. The molecule has 8 fully saturated rings. The van der Waals surface area contributed by atoms with E-state index < -0.39 is 0 Å². The predicted molar refractivity (Wildman–Crippen MR) is 275 cm³/mol. The first-order valence-electron chi connectivity index (χ1n) is 25.9. The van der Waals surface area contributed by atoms with E-state index >= 15 is 0 Å². The van der Waals surface area contributed by atoms with E-state index in [0.29, 0.717) is 5.41 Å². The Morgan fingerprint density at radius 2 is 1.00 bits per heavy atom. The summed E-state index contributed by atoms with van der Waals surface area (Å²) in [7, 11) is 0. The maximum atomic E-state index is 2.80. The van der Waals surface area contributed by atoms with Gasteiger partial charge in [-0.2, -0.15) is 0 Å². The molecule has 0 N–H and O–H groups in total. The Kier molecular flexibility index (Phi) is 7.47. The second-order valence-corrected chi connectivity index (χ2v) is 23.5.